The van der Waals surface area contributed by atoms with Gasteiger partial charge in [0.25, 0.3) is 0 Å². The molecule has 0 radical (unpaired) electrons. The quantitative estimate of drug-likeness (QED) is 0.651. The summed E-state index contributed by atoms with van der Waals surface area (Å²) in [6.45, 7) is 6.51. The molecule has 3 heteroatoms. The fourth-order valence-electron chi connectivity index (χ4n) is 1.86. The smallest absolute Gasteiger partial charge is 0.133 e. The Bertz CT molecular complexity index is 516. The molecule has 2 rings (SSSR count). The molecule has 1 aromatic rings. The number of rotatable bonds is 0. The van der Waals surface area contributed by atoms with E-state index in [9.17, 15) is 5.11 Å². The van der Waals surface area contributed by atoms with E-state index < -0.39 is 0 Å². The lowest BCUT2D eigenvalue weighted by Gasteiger charge is -2.08. The maximum Gasteiger partial charge on any atom is 0.133 e. The van der Waals surface area contributed by atoms with Gasteiger partial charge in [-0.05, 0) is 26.8 Å². The summed E-state index contributed by atoms with van der Waals surface area (Å²) >= 11 is 0. The summed E-state index contributed by atoms with van der Waals surface area (Å²) in [6.07, 6.45) is 4.05. The van der Waals surface area contributed by atoms with Crippen LogP contribution in [0.1, 0.15) is 19.5 Å². The zero-order chi connectivity index (χ0) is 10.3. The molecule has 0 amide bonds. The first kappa shape index (κ1) is 9.06. The predicted molar refractivity (Wildman–Crippen MR) is 56.1 cm³/mol. The number of aliphatic hydroxyl groups excluding tert-OH is 1. The van der Waals surface area contributed by atoms with Crippen molar-refractivity contribution < 1.29 is 5.11 Å². The van der Waals surface area contributed by atoms with Crippen LogP contribution in [0.25, 0.3) is 11.8 Å². The number of fused-ring (bicyclic) bond motifs is 1. The van der Waals surface area contributed by atoms with Crippen LogP contribution in [0.2, 0.25) is 0 Å². The molecular weight excluding hydrogens is 176 g/mol. The first-order chi connectivity index (χ1) is 6.59. The lowest BCUT2D eigenvalue weighted by atomic mass is 10.2. The summed E-state index contributed by atoms with van der Waals surface area (Å²) in [7, 11) is 0. The third kappa shape index (κ3) is 1.25. The Morgan fingerprint density at radius 3 is 2.79 bits per heavy atom. The van der Waals surface area contributed by atoms with Crippen molar-refractivity contribution in [3.05, 3.63) is 28.2 Å². The molecule has 74 valence electrons. The molecule has 0 bridgehead atoms. The second-order valence-electron chi connectivity index (χ2n) is 3.76. The molecule has 0 aromatic carbocycles. The molecule has 1 aliphatic rings. The van der Waals surface area contributed by atoms with Crippen LogP contribution in [0.5, 0.6) is 0 Å². The van der Waals surface area contributed by atoms with Gasteiger partial charge in [-0.1, -0.05) is 11.6 Å². The molecule has 0 unspecified atom stereocenters. The van der Waals surface area contributed by atoms with Gasteiger partial charge in [-0.25, -0.2) is 4.98 Å². The van der Waals surface area contributed by atoms with E-state index in [0.29, 0.717) is 5.76 Å². The number of imidazole rings is 1. The second kappa shape index (κ2) is 3.01. The third-order valence-electron chi connectivity index (χ3n) is 2.44. The van der Waals surface area contributed by atoms with Crippen molar-refractivity contribution in [2.75, 3.05) is 0 Å². The normalized spacial score (nSPS) is 16.9. The van der Waals surface area contributed by atoms with Gasteiger partial charge in [0.1, 0.15) is 16.6 Å². The molecule has 1 aliphatic heterocycles. The van der Waals surface area contributed by atoms with E-state index in [2.05, 4.69) is 18.0 Å². The van der Waals surface area contributed by atoms with Crippen LogP contribution in [0, 0.1) is 6.92 Å². The molecule has 0 fully saturated rings. The van der Waals surface area contributed by atoms with Crippen molar-refractivity contribution in [2.45, 2.75) is 27.3 Å². The lowest BCUT2D eigenvalue weighted by Crippen LogP contribution is -2.31. The Morgan fingerprint density at radius 1 is 1.43 bits per heavy atom. The van der Waals surface area contributed by atoms with Crippen molar-refractivity contribution in [3.8, 4) is 0 Å². The van der Waals surface area contributed by atoms with E-state index in [0.717, 1.165) is 23.1 Å². The largest absolute Gasteiger partial charge is 0.510 e. The monoisotopic (exact) mass is 190 g/mol. The molecule has 0 saturated carbocycles. The van der Waals surface area contributed by atoms with Crippen LogP contribution in [-0.4, -0.2) is 14.7 Å². The number of nitrogens with zero attached hydrogens (tertiary/aromatic N) is 2. The lowest BCUT2D eigenvalue weighted by molar-refractivity contribution is 0.490. The summed E-state index contributed by atoms with van der Waals surface area (Å²) in [5.74, 6) is 0.337. The number of hydrogen-bond donors (Lipinski definition) is 1. The Balaban J connectivity index is 2.82. The summed E-state index contributed by atoms with van der Waals surface area (Å²) in [4.78, 5) is 4.39. The van der Waals surface area contributed by atoms with Gasteiger partial charge < -0.3 is 9.67 Å². The van der Waals surface area contributed by atoms with E-state index in [1.807, 2.05) is 17.6 Å². The van der Waals surface area contributed by atoms with Gasteiger partial charge in [0, 0.05) is 6.54 Å². The number of hydrogen-bond acceptors (Lipinski definition) is 2. The number of aliphatic hydroxyl groups is 1. The van der Waals surface area contributed by atoms with Crippen molar-refractivity contribution in [2.24, 2.45) is 0 Å². The van der Waals surface area contributed by atoms with Crippen molar-refractivity contribution >= 4 is 11.8 Å². The Kier molecular flexibility index (Phi) is 1.95. The van der Waals surface area contributed by atoms with Crippen molar-refractivity contribution in [1.29, 1.82) is 0 Å². The van der Waals surface area contributed by atoms with Crippen LogP contribution < -0.4 is 10.8 Å². The molecule has 14 heavy (non-hydrogen) atoms. The minimum Gasteiger partial charge on any atom is -0.510 e. The molecule has 2 heterocycles. The molecule has 0 aliphatic carbocycles. The predicted octanol–water partition coefficient (Wildman–Crippen LogP) is 0.618. The van der Waals surface area contributed by atoms with Crippen LogP contribution in [0.4, 0.5) is 0 Å². The van der Waals surface area contributed by atoms with Gasteiger partial charge in [0.2, 0.25) is 0 Å². The van der Waals surface area contributed by atoms with Gasteiger partial charge in [-0.3, -0.25) is 0 Å². The van der Waals surface area contributed by atoms with Gasteiger partial charge in [-0.15, -0.1) is 0 Å². The zero-order valence-electron chi connectivity index (χ0n) is 8.70. The summed E-state index contributed by atoms with van der Waals surface area (Å²) in [5.41, 5.74) is 3.09. The average molecular weight is 190 g/mol. The van der Waals surface area contributed by atoms with E-state index in [4.69, 9.17) is 0 Å². The van der Waals surface area contributed by atoms with Gasteiger partial charge in [0.15, 0.2) is 0 Å². The molecule has 1 N–H and O–H groups in total. The highest BCUT2D eigenvalue weighted by Crippen LogP contribution is 2.00. The average Bonchev–Trinajstić information content (AvgIpc) is 2.40. The first-order valence-electron chi connectivity index (χ1n) is 4.70. The van der Waals surface area contributed by atoms with E-state index in [1.165, 1.54) is 5.57 Å². The van der Waals surface area contributed by atoms with E-state index in [1.54, 1.807) is 6.92 Å². The highest BCUT2D eigenvalue weighted by Gasteiger charge is 2.08. The summed E-state index contributed by atoms with van der Waals surface area (Å²) in [6, 6.07) is 0. The molecule has 0 atom stereocenters. The molecule has 3 nitrogen and oxygen atoms in total. The maximum atomic E-state index is 9.56. The van der Waals surface area contributed by atoms with Crippen LogP contribution in [0.3, 0.4) is 0 Å². The molecular formula is C11H14N2O. The summed E-state index contributed by atoms with van der Waals surface area (Å²) in [5, 5.41) is 10.4. The van der Waals surface area contributed by atoms with Crippen LogP contribution in [0.15, 0.2) is 11.6 Å². The van der Waals surface area contributed by atoms with Crippen LogP contribution in [-0.2, 0) is 6.54 Å². The fraction of sp³-hybridized carbons (Fsp3) is 0.364. The van der Waals surface area contributed by atoms with Gasteiger partial charge >= 0.3 is 0 Å². The number of aromatic nitrogens is 2. The third-order valence-corrected chi connectivity index (χ3v) is 2.44. The Morgan fingerprint density at radius 2 is 2.14 bits per heavy atom. The number of aryl methyl sites for hydroxylation is 1. The maximum absolute atomic E-state index is 9.56. The zero-order valence-corrected chi connectivity index (χ0v) is 8.70. The van der Waals surface area contributed by atoms with Gasteiger partial charge in [0.05, 0.1) is 5.69 Å². The molecule has 0 spiro atoms. The Labute approximate surface area is 82.7 Å². The SMILES string of the molecule is CC1=CC=c2nc(C)/c(=C(\C)O)n2C1. The molecule has 1 aromatic heterocycles. The highest BCUT2D eigenvalue weighted by atomic mass is 16.3. The second-order valence-corrected chi connectivity index (χ2v) is 3.76. The minimum absolute atomic E-state index is 0.337. The fourth-order valence-corrected chi connectivity index (χ4v) is 1.86. The molecule has 0 saturated heterocycles. The topological polar surface area (TPSA) is 38.1 Å². The number of allylic oxidation sites excluding steroid dienone is 2. The van der Waals surface area contributed by atoms with Crippen molar-refractivity contribution in [1.82, 2.24) is 9.55 Å². The minimum atomic E-state index is 0.337. The first-order valence-corrected chi connectivity index (χ1v) is 4.70. The van der Waals surface area contributed by atoms with E-state index in [-0.39, 0.29) is 0 Å². The Hall–Kier alpha value is -1.51. The van der Waals surface area contributed by atoms with Gasteiger partial charge in [-0.2, -0.15) is 0 Å². The standard InChI is InChI=1S/C11H14N2O/c1-7-4-5-10-12-8(2)11(9(3)14)13(10)6-7/h4-5,14H,6H2,1-3H3/b11-9-. The van der Waals surface area contributed by atoms with Crippen LogP contribution >= 0.6 is 0 Å². The highest BCUT2D eigenvalue weighted by molar-refractivity contribution is 5.40. The summed E-state index contributed by atoms with van der Waals surface area (Å²) < 4.78 is 2.04. The van der Waals surface area contributed by atoms with Crippen molar-refractivity contribution in [3.63, 3.8) is 0 Å². The van der Waals surface area contributed by atoms with E-state index >= 15 is 0 Å².